The summed E-state index contributed by atoms with van der Waals surface area (Å²) in [4.78, 5) is 25.9. The molecular weight excluding hydrogens is 268 g/mol. The molecule has 1 amide bonds. The average molecular weight is 296 g/mol. The largest absolute Gasteiger partial charge is 0.469 e. The Kier molecular flexibility index (Phi) is 5.62. The number of carbonyl (C=O) groups is 2. The van der Waals surface area contributed by atoms with Gasteiger partial charge >= 0.3 is 5.97 Å². The number of hydrogen-bond donors (Lipinski definition) is 1. The van der Waals surface area contributed by atoms with Gasteiger partial charge in [0.05, 0.1) is 7.11 Å². The predicted molar refractivity (Wildman–Crippen MR) is 80.7 cm³/mol. The lowest BCUT2D eigenvalue weighted by atomic mass is 9.85. The summed E-state index contributed by atoms with van der Waals surface area (Å²) >= 11 is 0. The molecule has 5 nitrogen and oxygen atoms in total. The second-order valence-corrected chi connectivity index (χ2v) is 6.78. The number of hydrogen-bond acceptors (Lipinski definition) is 4. The second-order valence-electron chi connectivity index (χ2n) is 6.78. The van der Waals surface area contributed by atoms with Crippen LogP contribution >= 0.6 is 0 Å². The van der Waals surface area contributed by atoms with Gasteiger partial charge in [-0.25, -0.2) is 0 Å². The van der Waals surface area contributed by atoms with E-state index >= 15 is 0 Å². The summed E-state index contributed by atoms with van der Waals surface area (Å²) in [5, 5.41) is 3.14. The van der Waals surface area contributed by atoms with Crippen LogP contribution in [0.2, 0.25) is 0 Å². The normalized spacial score (nSPS) is 27.2. The lowest BCUT2D eigenvalue weighted by Crippen LogP contribution is -2.55. The monoisotopic (exact) mass is 296 g/mol. The van der Waals surface area contributed by atoms with Crippen molar-refractivity contribution in [3.8, 4) is 0 Å². The number of carbonyl (C=O) groups excluding carboxylic acids is 2. The van der Waals surface area contributed by atoms with E-state index < -0.39 is 0 Å². The highest BCUT2D eigenvalue weighted by Gasteiger charge is 2.35. The zero-order chi connectivity index (χ0) is 15.4. The molecule has 120 valence electrons. The van der Waals surface area contributed by atoms with Crippen molar-refractivity contribution in [3.05, 3.63) is 0 Å². The average Bonchev–Trinajstić information content (AvgIpc) is 2.36. The van der Waals surface area contributed by atoms with Gasteiger partial charge in [-0.15, -0.1) is 0 Å². The summed E-state index contributed by atoms with van der Waals surface area (Å²) < 4.78 is 4.80. The van der Waals surface area contributed by atoms with Crippen LogP contribution in [0.1, 0.15) is 46.0 Å². The summed E-state index contributed by atoms with van der Waals surface area (Å²) in [5.41, 5.74) is 0. The molecule has 0 bridgehead atoms. The van der Waals surface area contributed by atoms with Crippen LogP contribution in [0.4, 0.5) is 0 Å². The van der Waals surface area contributed by atoms with Crippen LogP contribution in [0.25, 0.3) is 0 Å². The molecular formula is C16H28N2O3. The maximum absolute atomic E-state index is 11.9. The van der Waals surface area contributed by atoms with Crippen molar-refractivity contribution in [2.75, 3.05) is 20.2 Å². The lowest BCUT2D eigenvalue weighted by molar-refractivity contribution is -0.142. The first-order chi connectivity index (χ1) is 9.99. The highest BCUT2D eigenvalue weighted by molar-refractivity contribution is 5.78. The Bertz CT molecular complexity index is 380. The molecule has 1 saturated heterocycles. The van der Waals surface area contributed by atoms with Crippen molar-refractivity contribution < 1.29 is 14.3 Å². The van der Waals surface area contributed by atoms with Crippen LogP contribution in [0.15, 0.2) is 0 Å². The molecule has 1 saturated carbocycles. The first-order valence-corrected chi connectivity index (χ1v) is 8.10. The SMILES string of the molecule is COC(=O)CC1CC(NC(=O)C(C)C)CN(C2CCC2)C1. The summed E-state index contributed by atoms with van der Waals surface area (Å²) in [7, 11) is 1.44. The third kappa shape index (κ3) is 4.43. The number of likely N-dealkylation sites (tertiary alicyclic amines) is 1. The molecule has 0 aromatic rings. The fourth-order valence-corrected chi connectivity index (χ4v) is 3.23. The summed E-state index contributed by atoms with van der Waals surface area (Å²) in [6, 6.07) is 0.799. The molecule has 0 radical (unpaired) electrons. The van der Waals surface area contributed by atoms with Crippen LogP contribution in [-0.2, 0) is 14.3 Å². The van der Waals surface area contributed by atoms with E-state index in [0.717, 1.165) is 19.5 Å². The Morgan fingerprint density at radius 3 is 2.52 bits per heavy atom. The van der Waals surface area contributed by atoms with Gasteiger partial charge in [0.2, 0.25) is 5.91 Å². The predicted octanol–water partition coefficient (Wildman–Crippen LogP) is 1.56. The molecule has 2 aliphatic rings. The molecule has 2 unspecified atom stereocenters. The van der Waals surface area contributed by atoms with Crippen LogP contribution < -0.4 is 5.32 Å². The fraction of sp³-hybridized carbons (Fsp3) is 0.875. The van der Waals surface area contributed by atoms with E-state index in [1.54, 1.807) is 0 Å². The van der Waals surface area contributed by atoms with E-state index in [1.165, 1.54) is 26.4 Å². The number of esters is 1. The Morgan fingerprint density at radius 2 is 2.00 bits per heavy atom. The highest BCUT2D eigenvalue weighted by Crippen LogP contribution is 2.30. The van der Waals surface area contributed by atoms with Gasteiger partial charge in [-0.2, -0.15) is 0 Å². The Labute approximate surface area is 127 Å². The van der Waals surface area contributed by atoms with Crippen molar-refractivity contribution in [1.29, 1.82) is 0 Å². The molecule has 0 spiro atoms. The zero-order valence-electron chi connectivity index (χ0n) is 13.4. The van der Waals surface area contributed by atoms with E-state index in [-0.39, 0.29) is 29.8 Å². The summed E-state index contributed by atoms with van der Waals surface area (Å²) in [5.74, 6) is 0.240. The van der Waals surface area contributed by atoms with E-state index in [9.17, 15) is 9.59 Å². The number of piperidine rings is 1. The third-order valence-corrected chi connectivity index (χ3v) is 4.71. The summed E-state index contributed by atoms with van der Waals surface area (Å²) in [6.45, 7) is 5.69. The first kappa shape index (κ1) is 16.3. The minimum absolute atomic E-state index is 0.00290. The number of methoxy groups -OCH3 is 1. The molecule has 1 N–H and O–H groups in total. The number of nitrogens with one attached hydrogen (secondary N) is 1. The van der Waals surface area contributed by atoms with Crippen LogP contribution in [0.5, 0.6) is 0 Å². The van der Waals surface area contributed by atoms with Gasteiger partial charge in [0.15, 0.2) is 0 Å². The topological polar surface area (TPSA) is 58.6 Å². The molecule has 1 aliphatic carbocycles. The molecule has 2 rings (SSSR count). The molecule has 2 atom stereocenters. The molecule has 21 heavy (non-hydrogen) atoms. The van der Waals surface area contributed by atoms with Gasteiger partial charge in [-0.05, 0) is 25.2 Å². The van der Waals surface area contributed by atoms with Crippen molar-refractivity contribution in [2.45, 2.75) is 58.0 Å². The third-order valence-electron chi connectivity index (χ3n) is 4.71. The number of ether oxygens (including phenoxy) is 1. The second kappa shape index (κ2) is 7.25. The number of amides is 1. The molecule has 0 aromatic carbocycles. The Hall–Kier alpha value is -1.10. The molecule has 1 heterocycles. The first-order valence-electron chi connectivity index (χ1n) is 8.10. The van der Waals surface area contributed by atoms with Gasteiger partial charge in [-0.3, -0.25) is 14.5 Å². The van der Waals surface area contributed by atoms with Gasteiger partial charge < -0.3 is 10.1 Å². The number of rotatable bonds is 5. The van der Waals surface area contributed by atoms with Gasteiger partial charge in [0.25, 0.3) is 0 Å². The summed E-state index contributed by atoms with van der Waals surface area (Å²) in [6.07, 6.45) is 5.11. The van der Waals surface area contributed by atoms with Crippen molar-refractivity contribution >= 4 is 11.9 Å². The Balaban J connectivity index is 1.95. The lowest BCUT2D eigenvalue weighted by Gasteiger charge is -2.45. The smallest absolute Gasteiger partial charge is 0.305 e. The Morgan fingerprint density at radius 1 is 1.29 bits per heavy atom. The minimum Gasteiger partial charge on any atom is -0.469 e. The van der Waals surface area contributed by atoms with Crippen LogP contribution in [-0.4, -0.2) is 49.1 Å². The highest BCUT2D eigenvalue weighted by atomic mass is 16.5. The van der Waals surface area contributed by atoms with Gasteiger partial charge in [0, 0.05) is 37.5 Å². The molecule has 2 fully saturated rings. The number of nitrogens with zero attached hydrogens (tertiary/aromatic N) is 1. The standard InChI is InChI=1S/C16H28N2O3/c1-11(2)16(20)17-13-7-12(8-15(19)21-3)9-18(10-13)14-5-4-6-14/h11-14H,4-10H2,1-3H3,(H,17,20). The molecule has 0 aromatic heterocycles. The van der Waals surface area contributed by atoms with Crippen molar-refractivity contribution in [1.82, 2.24) is 10.2 Å². The maximum atomic E-state index is 11.9. The van der Waals surface area contributed by atoms with E-state index in [0.29, 0.717) is 12.5 Å². The quantitative estimate of drug-likeness (QED) is 0.782. The van der Waals surface area contributed by atoms with Crippen molar-refractivity contribution in [3.63, 3.8) is 0 Å². The van der Waals surface area contributed by atoms with Crippen LogP contribution in [0.3, 0.4) is 0 Å². The van der Waals surface area contributed by atoms with E-state index in [1.807, 2.05) is 13.8 Å². The van der Waals surface area contributed by atoms with Crippen LogP contribution in [0, 0.1) is 11.8 Å². The fourth-order valence-electron chi connectivity index (χ4n) is 3.23. The van der Waals surface area contributed by atoms with Crippen molar-refractivity contribution in [2.24, 2.45) is 11.8 Å². The van der Waals surface area contributed by atoms with E-state index in [4.69, 9.17) is 4.74 Å². The molecule has 5 heteroatoms. The minimum atomic E-state index is -0.149. The maximum Gasteiger partial charge on any atom is 0.305 e. The van der Waals surface area contributed by atoms with Gasteiger partial charge in [0.1, 0.15) is 0 Å². The van der Waals surface area contributed by atoms with E-state index in [2.05, 4.69) is 10.2 Å². The zero-order valence-corrected chi connectivity index (χ0v) is 13.4. The van der Waals surface area contributed by atoms with Gasteiger partial charge in [-0.1, -0.05) is 20.3 Å². The molecule has 1 aliphatic heterocycles.